The van der Waals surface area contributed by atoms with Gasteiger partial charge in [0.1, 0.15) is 16.7 Å². The van der Waals surface area contributed by atoms with Gasteiger partial charge in [0.25, 0.3) is 5.91 Å². The number of methoxy groups -OCH3 is 1. The van der Waals surface area contributed by atoms with Crippen molar-refractivity contribution in [2.24, 2.45) is 0 Å². The number of ether oxygens (including phenoxy) is 1. The normalized spacial score (nSPS) is 12.6. The largest absolute Gasteiger partial charge is 0.385 e. The molecule has 2 aromatic rings. The van der Waals surface area contributed by atoms with E-state index in [1.54, 1.807) is 13.3 Å². The summed E-state index contributed by atoms with van der Waals surface area (Å²) in [6.07, 6.45) is 3.82. The number of hydrogen-bond acceptors (Lipinski definition) is 6. The van der Waals surface area contributed by atoms with Gasteiger partial charge >= 0.3 is 0 Å². The highest BCUT2D eigenvalue weighted by Gasteiger charge is 2.14. The van der Waals surface area contributed by atoms with Crippen LogP contribution in [0.2, 0.25) is 0 Å². The van der Waals surface area contributed by atoms with Crippen molar-refractivity contribution < 1.29 is 9.53 Å². The summed E-state index contributed by atoms with van der Waals surface area (Å²) in [7, 11) is 1.64. The van der Waals surface area contributed by atoms with E-state index in [0.29, 0.717) is 17.1 Å². The number of aromatic nitrogens is 3. The fourth-order valence-corrected chi connectivity index (χ4v) is 2.22. The molecule has 96 valence electrons. The van der Waals surface area contributed by atoms with E-state index in [0.717, 1.165) is 11.3 Å². The Kier molecular flexibility index (Phi) is 4.16. The molecule has 0 spiro atoms. The molecule has 1 unspecified atom stereocenters. The molecule has 1 atom stereocenters. The standard InChI is InChI=1S/C11H14N4O2S/c1-7(3-4-17-2)14-9(16)11-15-8-5-12-6-13-10(8)18-11/h5-7H,3-4H2,1-2H3,(H,14,16). The van der Waals surface area contributed by atoms with Crippen molar-refractivity contribution in [2.75, 3.05) is 13.7 Å². The number of hydrogen-bond donors (Lipinski definition) is 1. The van der Waals surface area contributed by atoms with Crippen molar-refractivity contribution >= 4 is 27.6 Å². The Hall–Kier alpha value is -1.60. The van der Waals surface area contributed by atoms with Crippen molar-refractivity contribution in [1.82, 2.24) is 20.3 Å². The van der Waals surface area contributed by atoms with Crippen molar-refractivity contribution in [2.45, 2.75) is 19.4 Å². The third kappa shape index (κ3) is 2.99. The molecule has 6 nitrogen and oxygen atoms in total. The maximum absolute atomic E-state index is 11.9. The zero-order valence-corrected chi connectivity index (χ0v) is 11.0. The first-order valence-electron chi connectivity index (χ1n) is 5.57. The molecule has 1 amide bonds. The highest BCUT2D eigenvalue weighted by atomic mass is 32.1. The Labute approximate surface area is 108 Å². The van der Waals surface area contributed by atoms with Gasteiger partial charge in [0, 0.05) is 19.8 Å². The predicted molar refractivity (Wildman–Crippen MR) is 68.6 cm³/mol. The predicted octanol–water partition coefficient (Wildman–Crippen LogP) is 1.24. The second kappa shape index (κ2) is 5.83. The maximum atomic E-state index is 11.9. The molecule has 0 bridgehead atoms. The Bertz CT molecular complexity index is 510. The minimum absolute atomic E-state index is 0.0514. The Morgan fingerprint density at radius 2 is 2.44 bits per heavy atom. The van der Waals surface area contributed by atoms with E-state index in [9.17, 15) is 4.79 Å². The molecule has 1 N–H and O–H groups in total. The number of carbonyl (C=O) groups excluding carboxylic acids is 1. The first kappa shape index (κ1) is 12.8. The van der Waals surface area contributed by atoms with E-state index >= 15 is 0 Å². The third-order valence-electron chi connectivity index (χ3n) is 2.40. The van der Waals surface area contributed by atoms with E-state index in [2.05, 4.69) is 20.3 Å². The number of nitrogens with zero attached hydrogens (tertiary/aromatic N) is 3. The lowest BCUT2D eigenvalue weighted by Crippen LogP contribution is -2.33. The van der Waals surface area contributed by atoms with E-state index in [-0.39, 0.29) is 11.9 Å². The summed E-state index contributed by atoms with van der Waals surface area (Å²) in [6, 6.07) is 0.0514. The average molecular weight is 266 g/mol. The van der Waals surface area contributed by atoms with Crippen LogP contribution in [-0.4, -0.2) is 40.6 Å². The fourth-order valence-electron chi connectivity index (χ4n) is 1.44. The van der Waals surface area contributed by atoms with Gasteiger partial charge in [-0.3, -0.25) is 4.79 Å². The molecule has 0 aromatic carbocycles. The molecule has 0 saturated heterocycles. The molecule has 2 heterocycles. The molecule has 2 rings (SSSR count). The van der Waals surface area contributed by atoms with Crippen LogP contribution in [0, 0.1) is 0 Å². The van der Waals surface area contributed by atoms with E-state index in [1.165, 1.54) is 17.7 Å². The molecule has 0 radical (unpaired) electrons. The molecule has 18 heavy (non-hydrogen) atoms. The Balaban J connectivity index is 2.04. The summed E-state index contributed by atoms with van der Waals surface area (Å²) in [5.74, 6) is -0.179. The summed E-state index contributed by atoms with van der Waals surface area (Å²) in [4.78, 5) is 24.8. The lowest BCUT2D eigenvalue weighted by atomic mass is 10.2. The number of amides is 1. The Morgan fingerprint density at radius 1 is 1.61 bits per heavy atom. The van der Waals surface area contributed by atoms with Crippen molar-refractivity contribution in [3.05, 3.63) is 17.5 Å². The molecule has 2 aromatic heterocycles. The summed E-state index contributed by atoms with van der Waals surface area (Å²) < 4.78 is 4.97. The van der Waals surface area contributed by atoms with E-state index in [1.807, 2.05) is 6.92 Å². The summed E-state index contributed by atoms with van der Waals surface area (Å²) >= 11 is 1.27. The molecule has 0 aliphatic heterocycles. The maximum Gasteiger partial charge on any atom is 0.280 e. The van der Waals surface area contributed by atoms with Crippen LogP contribution in [0.15, 0.2) is 12.5 Å². The van der Waals surface area contributed by atoms with E-state index in [4.69, 9.17) is 4.74 Å². The van der Waals surface area contributed by atoms with Gasteiger partial charge in [0.05, 0.1) is 6.20 Å². The molecule has 0 saturated carbocycles. The number of rotatable bonds is 5. The summed E-state index contributed by atoms with van der Waals surface area (Å²) in [5.41, 5.74) is 0.650. The topological polar surface area (TPSA) is 77.0 Å². The Morgan fingerprint density at radius 3 is 3.17 bits per heavy atom. The van der Waals surface area contributed by atoms with Crippen molar-refractivity contribution in [1.29, 1.82) is 0 Å². The van der Waals surface area contributed by atoms with Gasteiger partial charge in [-0.15, -0.1) is 0 Å². The van der Waals surface area contributed by atoms with Crippen LogP contribution in [0.3, 0.4) is 0 Å². The molecule has 7 heteroatoms. The summed E-state index contributed by atoms with van der Waals surface area (Å²) in [5, 5.41) is 3.28. The van der Waals surface area contributed by atoms with E-state index < -0.39 is 0 Å². The summed E-state index contributed by atoms with van der Waals surface area (Å²) in [6.45, 7) is 2.55. The molecule has 0 aliphatic carbocycles. The van der Waals surface area contributed by atoms with Gasteiger partial charge in [0.15, 0.2) is 5.01 Å². The van der Waals surface area contributed by atoms with Crippen molar-refractivity contribution in [3.8, 4) is 0 Å². The number of fused-ring (bicyclic) bond motifs is 1. The van der Waals surface area contributed by atoms with Gasteiger partial charge in [-0.2, -0.15) is 0 Å². The van der Waals surface area contributed by atoms with Crippen LogP contribution in [0.4, 0.5) is 0 Å². The van der Waals surface area contributed by atoms with Gasteiger partial charge in [-0.05, 0) is 13.3 Å². The lowest BCUT2D eigenvalue weighted by molar-refractivity contribution is 0.0929. The van der Waals surface area contributed by atoms with Crippen LogP contribution in [0.1, 0.15) is 23.1 Å². The number of nitrogens with one attached hydrogen (secondary N) is 1. The quantitative estimate of drug-likeness (QED) is 0.881. The molecular weight excluding hydrogens is 252 g/mol. The van der Waals surface area contributed by atoms with Crippen LogP contribution in [0.5, 0.6) is 0 Å². The highest BCUT2D eigenvalue weighted by molar-refractivity contribution is 7.19. The second-order valence-electron chi connectivity index (χ2n) is 3.89. The highest BCUT2D eigenvalue weighted by Crippen LogP contribution is 2.18. The first-order valence-corrected chi connectivity index (χ1v) is 6.38. The molecule has 0 aliphatic rings. The molecular formula is C11H14N4O2S. The smallest absolute Gasteiger partial charge is 0.280 e. The lowest BCUT2D eigenvalue weighted by Gasteiger charge is -2.11. The second-order valence-corrected chi connectivity index (χ2v) is 4.87. The minimum Gasteiger partial charge on any atom is -0.385 e. The minimum atomic E-state index is -0.179. The van der Waals surface area contributed by atoms with Crippen LogP contribution in [0.25, 0.3) is 10.3 Å². The van der Waals surface area contributed by atoms with Crippen LogP contribution in [-0.2, 0) is 4.74 Å². The SMILES string of the molecule is COCCC(C)NC(=O)c1nc2cncnc2s1. The van der Waals surface area contributed by atoms with Gasteiger partial charge in [0.2, 0.25) is 0 Å². The van der Waals surface area contributed by atoms with Crippen LogP contribution < -0.4 is 5.32 Å². The zero-order valence-electron chi connectivity index (χ0n) is 10.2. The number of carbonyl (C=O) groups is 1. The van der Waals surface area contributed by atoms with Gasteiger partial charge in [-0.1, -0.05) is 11.3 Å². The van der Waals surface area contributed by atoms with Gasteiger partial charge < -0.3 is 10.1 Å². The fraction of sp³-hybridized carbons (Fsp3) is 0.455. The zero-order chi connectivity index (χ0) is 13.0. The van der Waals surface area contributed by atoms with Crippen molar-refractivity contribution in [3.63, 3.8) is 0 Å². The van der Waals surface area contributed by atoms with Crippen LogP contribution >= 0.6 is 11.3 Å². The first-order chi connectivity index (χ1) is 8.70. The number of thiazole rings is 1. The monoisotopic (exact) mass is 266 g/mol. The van der Waals surface area contributed by atoms with Gasteiger partial charge in [-0.25, -0.2) is 15.0 Å². The average Bonchev–Trinajstić information content (AvgIpc) is 2.80. The molecule has 0 fully saturated rings. The third-order valence-corrected chi connectivity index (χ3v) is 3.38.